The van der Waals surface area contributed by atoms with E-state index in [9.17, 15) is 0 Å². The van der Waals surface area contributed by atoms with Crippen molar-refractivity contribution in [2.75, 3.05) is 6.61 Å². The molecule has 0 aliphatic carbocycles. The second-order valence-corrected chi connectivity index (χ2v) is 5.81. The van der Waals surface area contributed by atoms with Crippen LogP contribution in [-0.2, 0) is 17.7 Å². The Bertz CT molecular complexity index is 354. The summed E-state index contributed by atoms with van der Waals surface area (Å²) >= 11 is 0. The number of nitrogens with two attached hydrogens (primary N) is 1. The molecule has 18 heavy (non-hydrogen) atoms. The summed E-state index contributed by atoms with van der Waals surface area (Å²) in [7, 11) is 0. The molecular weight excluding hydrogens is 226 g/mol. The second-order valence-electron chi connectivity index (χ2n) is 5.81. The molecule has 0 aromatic carbocycles. The molecule has 1 heterocycles. The molecule has 0 saturated carbocycles. The number of nitrogens with zero attached hydrogens (tertiary/aromatic N) is 2. The van der Waals surface area contributed by atoms with Gasteiger partial charge in [-0.3, -0.25) is 4.68 Å². The number of rotatable bonds is 6. The maximum Gasteiger partial charge on any atom is 0.0777 e. The molecule has 0 radical (unpaired) electrons. The van der Waals surface area contributed by atoms with Gasteiger partial charge in [-0.15, -0.1) is 0 Å². The van der Waals surface area contributed by atoms with Crippen molar-refractivity contribution in [1.29, 1.82) is 0 Å². The lowest BCUT2D eigenvalue weighted by atomic mass is 9.83. The highest BCUT2D eigenvalue weighted by Crippen LogP contribution is 2.25. The van der Waals surface area contributed by atoms with Gasteiger partial charge < -0.3 is 10.5 Å². The highest BCUT2D eigenvalue weighted by Gasteiger charge is 2.30. The fourth-order valence-corrected chi connectivity index (χ4v) is 2.26. The lowest BCUT2D eigenvalue weighted by Crippen LogP contribution is -2.46. The second kappa shape index (κ2) is 6.34. The summed E-state index contributed by atoms with van der Waals surface area (Å²) in [6, 6.07) is -0.000504. The third kappa shape index (κ3) is 4.10. The van der Waals surface area contributed by atoms with E-state index in [2.05, 4.69) is 39.0 Å². The average molecular weight is 253 g/mol. The summed E-state index contributed by atoms with van der Waals surface area (Å²) < 4.78 is 7.75. The summed E-state index contributed by atoms with van der Waals surface area (Å²) in [6.45, 7) is 12.2. The van der Waals surface area contributed by atoms with Gasteiger partial charge in [0.15, 0.2) is 0 Å². The Balaban J connectivity index is 2.69. The number of ether oxygens (including phenoxy) is 1. The number of hydrogen-bond acceptors (Lipinski definition) is 3. The van der Waals surface area contributed by atoms with Crippen molar-refractivity contribution >= 4 is 0 Å². The maximum atomic E-state index is 6.31. The van der Waals surface area contributed by atoms with E-state index in [0.29, 0.717) is 6.61 Å². The van der Waals surface area contributed by atoms with Crippen LogP contribution in [0.25, 0.3) is 0 Å². The van der Waals surface area contributed by atoms with Crippen LogP contribution in [0.5, 0.6) is 0 Å². The maximum absolute atomic E-state index is 6.31. The van der Waals surface area contributed by atoms with E-state index in [1.54, 1.807) is 0 Å². The van der Waals surface area contributed by atoms with Crippen LogP contribution in [0.1, 0.15) is 40.2 Å². The lowest BCUT2D eigenvalue weighted by molar-refractivity contribution is -0.0274. The molecule has 4 heteroatoms. The molecular formula is C14H27N3O. The molecule has 1 aromatic rings. The van der Waals surface area contributed by atoms with Gasteiger partial charge in [-0.2, -0.15) is 5.10 Å². The summed E-state index contributed by atoms with van der Waals surface area (Å²) in [5, 5.41) is 4.28. The molecule has 0 spiro atoms. The van der Waals surface area contributed by atoms with E-state index in [0.717, 1.165) is 13.0 Å². The van der Waals surface area contributed by atoms with Crippen LogP contribution in [0, 0.1) is 5.41 Å². The molecule has 0 bridgehead atoms. The molecule has 0 aliphatic rings. The van der Waals surface area contributed by atoms with Crippen molar-refractivity contribution in [3.63, 3.8) is 0 Å². The predicted octanol–water partition coefficient (Wildman–Crippen LogP) is 2.22. The van der Waals surface area contributed by atoms with E-state index < -0.39 is 0 Å². The standard InChI is InChI=1S/C14H27N3O/c1-6-17-10-11(9-16-17)8-12(15)13(18-7-2)14(3,4)5/h9-10,12-13H,6-8,15H2,1-5H3. The Labute approximate surface area is 111 Å². The van der Waals surface area contributed by atoms with Gasteiger partial charge in [0.05, 0.1) is 12.3 Å². The summed E-state index contributed by atoms with van der Waals surface area (Å²) in [5.74, 6) is 0. The van der Waals surface area contributed by atoms with Crippen LogP contribution in [-0.4, -0.2) is 28.5 Å². The molecule has 2 unspecified atom stereocenters. The Morgan fingerprint density at radius 1 is 1.39 bits per heavy atom. The van der Waals surface area contributed by atoms with Crippen molar-refractivity contribution in [3.05, 3.63) is 18.0 Å². The van der Waals surface area contributed by atoms with Crippen molar-refractivity contribution in [3.8, 4) is 0 Å². The van der Waals surface area contributed by atoms with Crippen LogP contribution in [0.2, 0.25) is 0 Å². The van der Waals surface area contributed by atoms with Crippen LogP contribution >= 0.6 is 0 Å². The average Bonchev–Trinajstić information content (AvgIpc) is 2.71. The van der Waals surface area contributed by atoms with Crippen LogP contribution < -0.4 is 5.73 Å². The fraction of sp³-hybridized carbons (Fsp3) is 0.786. The Morgan fingerprint density at radius 3 is 2.50 bits per heavy atom. The topological polar surface area (TPSA) is 53.1 Å². The molecule has 0 amide bonds. The first kappa shape index (κ1) is 15.2. The first-order valence-electron chi connectivity index (χ1n) is 6.77. The highest BCUT2D eigenvalue weighted by atomic mass is 16.5. The third-order valence-electron chi connectivity index (χ3n) is 3.07. The SMILES string of the molecule is CCOC(C(N)Cc1cnn(CC)c1)C(C)(C)C. The van der Waals surface area contributed by atoms with Crippen molar-refractivity contribution in [2.45, 2.75) is 59.7 Å². The Kier molecular flexibility index (Phi) is 5.35. The minimum Gasteiger partial charge on any atom is -0.376 e. The largest absolute Gasteiger partial charge is 0.376 e. The number of aromatic nitrogens is 2. The van der Waals surface area contributed by atoms with Gasteiger partial charge in [0, 0.05) is 25.4 Å². The van der Waals surface area contributed by atoms with Gasteiger partial charge in [0.25, 0.3) is 0 Å². The minimum absolute atomic E-state index is 0.000504. The van der Waals surface area contributed by atoms with Crippen LogP contribution in [0.15, 0.2) is 12.4 Å². The quantitative estimate of drug-likeness (QED) is 0.846. The first-order chi connectivity index (χ1) is 8.38. The molecule has 0 saturated heterocycles. The van der Waals surface area contributed by atoms with E-state index in [1.807, 2.05) is 17.8 Å². The van der Waals surface area contributed by atoms with Crippen molar-refractivity contribution < 1.29 is 4.74 Å². The lowest BCUT2D eigenvalue weighted by Gasteiger charge is -2.34. The van der Waals surface area contributed by atoms with Crippen molar-refractivity contribution in [1.82, 2.24) is 9.78 Å². The zero-order valence-corrected chi connectivity index (χ0v) is 12.3. The zero-order valence-electron chi connectivity index (χ0n) is 12.3. The number of aryl methyl sites for hydroxylation is 1. The van der Waals surface area contributed by atoms with Crippen molar-refractivity contribution in [2.24, 2.45) is 11.1 Å². The zero-order chi connectivity index (χ0) is 13.8. The molecule has 104 valence electrons. The molecule has 0 aliphatic heterocycles. The molecule has 0 fully saturated rings. The van der Waals surface area contributed by atoms with E-state index in [1.165, 1.54) is 5.56 Å². The number of hydrogen-bond donors (Lipinski definition) is 1. The molecule has 1 aromatic heterocycles. The molecule has 4 nitrogen and oxygen atoms in total. The Morgan fingerprint density at radius 2 is 2.06 bits per heavy atom. The van der Waals surface area contributed by atoms with Gasteiger partial charge in [-0.05, 0) is 31.2 Å². The van der Waals surface area contributed by atoms with Gasteiger partial charge in [0.1, 0.15) is 0 Å². The molecule has 1 rings (SSSR count). The molecule has 2 N–H and O–H groups in total. The Hall–Kier alpha value is -0.870. The fourth-order valence-electron chi connectivity index (χ4n) is 2.26. The minimum atomic E-state index is -0.000504. The highest BCUT2D eigenvalue weighted by molar-refractivity contribution is 5.07. The van der Waals surface area contributed by atoms with Crippen LogP contribution in [0.4, 0.5) is 0 Å². The smallest absolute Gasteiger partial charge is 0.0777 e. The summed E-state index contributed by atoms with van der Waals surface area (Å²) in [4.78, 5) is 0. The first-order valence-corrected chi connectivity index (χ1v) is 6.77. The normalized spacial score (nSPS) is 15.7. The van der Waals surface area contributed by atoms with E-state index in [-0.39, 0.29) is 17.6 Å². The van der Waals surface area contributed by atoms with Gasteiger partial charge in [-0.25, -0.2) is 0 Å². The molecule has 2 atom stereocenters. The summed E-state index contributed by atoms with van der Waals surface area (Å²) in [5.41, 5.74) is 7.54. The van der Waals surface area contributed by atoms with Gasteiger partial charge >= 0.3 is 0 Å². The van der Waals surface area contributed by atoms with Gasteiger partial charge in [-0.1, -0.05) is 20.8 Å². The van der Waals surface area contributed by atoms with Gasteiger partial charge in [0.2, 0.25) is 0 Å². The van der Waals surface area contributed by atoms with E-state index in [4.69, 9.17) is 10.5 Å². The monoisotopic (exact) mass is 253 g/mol. The van der Waals surface area contributed by atoms with E-state index >= 15 is 0 Å². The third-order valence-corrected chi connectivity index (χ3v) is 3.07. The predicted molar refractivity (Wildman–Crippen MR) is 74.4 cm³/mol. The summed E-state index contributed by atoms with van der Waals surface area (Å²) in [6.07, 6.45) is 4.83. The van der Waals surface area contributed by atoms with Crippen LogP contribution in [0.3, 0.4) is 0 Å².